The van der Waals surface area contributed by atoms with E-state index in [0.29, 0.717) is 0 Å². The first-order chi connectivity index (χ1) is 8.92. The van der Waals surface area contributed by atoms with E-state index in [0.717, 1.165) is 16.2 Å². The van der Waals surface area contributed by atoms with Crippen molar-refractivity contribution < 1.29 is 0 Å². The Morgan fingerprint density at radius 2 is 1.63 bits per heavy atom. The van der Waals surface area contributed by atoms with Gasteiger partial charge < -0.3 is 0 Å². The van der Waals surface area contributed by atoms with Crippen LogP contribution in [0.2, 0.25) is 0 Å². The number of imidazole rings is 1. The highest BCUT2D eigenvalue weighted by Crippen LogP contribution is 2.28. The van der Waals surface area contributed by atoms with Crippen LogP contribution in [0.15, 0.2) is 60.8 Å². The molecule has 2 aromatic heterocycles. The number of hydrogen-bond acceptors (Lipinski definition) is 2. The average Bonchev–Trinajstić information content (AvgIpc) is 2.97. The lowest BCUT2D eigenvalue weighted by Gasteiger charge is -1.93. The fourth-order valence-electron chi connectivity index (χ4n) is 2.20. The van der Waals surface area contributed by atoms with Gasteiger partial charge in [0.15, 0.2) is 4.96 Å². The lowest BCUT2D eigenvalue weighted by atomic mass is 10.2. The zero-order valence-electron chi connectivity index (χ0n) is 9.98. The van der Waals surface area contributed by atoms with Gasteiger partial charge in [-0.15, -0.1) is 17.0 Å². The van der Waals surface area contributed by atoms with Gasteiger partial charge in [0.25, 0.3) is 0 Å². The molecular weight excluding hydrogens is 320 g/mol. The van der Waals surface area contributed by atoms with Crippen molar-refractivity contribution in [1.29, 1.82) is 0 Å². The quantitative estimate of drug-likeness (QED) is 0.490. The van der Waals surface area contributed by atoms with E-state index >= 15 is 0 Å². The van der Waals surface area contributed by atoms with Crippen molar-refractivity contribution in [2.45, 2.75) is 0 Å². The fourth-order valence-corrected chi connectivity index (χ4v) is 3.20. The van der Waals surface area contributed by atoms with Crippen LogP contribution in [-0.2, 0) is 0 Å². The number of thiazole rings is 1. The predicted octanol–water partition coefficient (Wildman–Crippen LogP) is 4.79. The van der Waals surface area contributed by atoms with Crippen molar-refractivity contribution in [3.8, 4) is 11.3 Å². The minimum absolute atomic E-state index is 0. The standard InChI is InChI=1S/C15H10N2S.BrH/c1-2-6-11(7-3-1)12-10-17-13-8-4-5-9-14(13)18-15(17)16-12;/h1-10H;1H. The molecule has 0 aliphatic carbocycles. The summed E-state index contributed by atoms with van der Waals surface area (Å²) in [6.07, 6.45) is 2.11. The van der Waals surface area contributed by atoms with Crippen LogP contribution in [0.3, 0.4) is 0 Å². The number of nitrogens with zero attached hydrogens (tertiary/aromatic N) is 2. The SMILES string of the molecule is Br.c1ccc(-c2cn3c(n2)sc2ccccc23)cc1. The minimum Gasteiger partial charge on any atom is -0.290 e. The molecule has 0 unspecified atom stereocenters. The Labute approximate surface area is 125 Å². The van der Waals surface area contributed by atoms with E-state index in [-0.39, 0.29) is 17.0 Å². The third-order valence-corrected chi connectivity index (χ3v) is 4.10. The number of hydrogen-bond donors (Lipinski definition) is 0. The number of fused-ring (bicyclic) bond motifs is 3. The van der Waals surface area contributed by atoms with Gasteiger partial charge in [-0.05, 0) is 12.1 Å². The van der Waals surface area contributed by atoms with Crippen LogP contribution in [0.4, 0.5) is 0 Å². The maximum atomic E-state index is 4.70. The number of para-hydroxylation sites is 1. The van der Waals surface area contributed by atoms with Gasteiger partial charge in [-0.3, -0.25) is 4.40 Å². The highest BCUT2D eigenvalue weighted by molar-refractivity contribution is 8.93. The molecule has 0 saturated carbocycles. The van der Waals surface area contributed by atoms with Gasteiger partial charge >= 0.3 is 0 Å². The van der Waals surface area contributed by atoms with Crippen molar-refractivity contribution in [3.63, 3.8) is 0 Å². The highest BCUT2D eigenvalue weighted by Gasteiger charge is 2.08. The largest absolute Gasteiger partial charge is 0.290 e. The zero-order valence-corrected chi connectivity index (χ0v) is 12.5. The van der Waals surface area contributed by atoms with E-state index in [1.807, 2.05) is 18.2 Å². The molecule has 19 heavy (non-hydrogen) atoms. The molecule has 0 N–H and O–H groups in total. The second-order valence-electron chi connectivity index (χ2n) is 4.21. The third kappa shape index (κ3) is 1.97. The second kappa shape index (κ2) is 4.79. The van der Waals surface area contributed by atoms with Gasteiger partial charge in [-0.1, -0.05) is 53.8 Å². The number of rotatable bonds is 1. The first kappa shape index (κ1) is 12.4. The molecule has 0 aliphatic heterocycles. The molecule has 4 heteroatoms. The zero-order chi connectivity index (χ0) is 11.9. The Hall–Kier alpha value is -1.65. The molecule has 0 atom stereocenters. The van der Waals surface area contributed by atoms with Crippen LogP contribution in [0.1, 0.15) is 0 Å². The molecule has 94 valence electrons. The van der Waals surface area contributed by atoms with Crippen molar-refractivity contribution in [3.05, 3.63) is 60.8 Å². The van der Waals surface area contributed by atoms with Crippen molar-refractivity contribution in [2.24, 2.45) is 0 Å². The van der Waals surface area contributed by atoms with Crippen LogP contribution in [0.25, 0.3) is 26.4 Å². The van der Waals surface area contributed by atoms with E-state index in [1.165, 1.54) is 10.2 Å². The van der Waals surface area contributed by atoms with Gasteiger partial charge in [-0.2, -0.15) is 0 Å². The molecule has 0 amide bonds. The molecular formula is C15H11BrN2S. The Balaban J connectivity index is 0.00000110. The van der Waals surface area contributed by atoms with Crippen molar-refractivity contribution in [1.82, 2.24) is 9.38 Å². The normalized spacial score (nSPS) is 10.7. The Morgan fingerprint density at radius 1 is 0.895 bits per heavy atom. The number of benzene rings is 2. The molecule has 2 heterocycles. The summed E-state index contributed by atoms with van der Waals surface area (Å²) in [5.41, 5.74) is 3.43. The van der Waals surface area contributed by atoms with Crippen molar-refractivity contribution in [2.75, 3.05) is 0 Å². The van der Waals surface area contributed by atoms with Gasteiger partial charge in [0.1, 0.15) is 0 Å². The summed E-state index contributed by atoms with van der Waals surface area (Å²) in [6.45, 7) is 0. The summed E-state index contributed by atoms with van der Waals surface area (Å²) in [7, 11) is 0. The highest BCUT2D eigenvalue weighted by atomic mass is 79.9. The molecule has 0 aliphatic rings. The van der Waals surface area contributed by atoms with Gasteiger partial charge in [0.05, 0.1) is 15.9 Å². The topological polar surface area (TPSA) is 17.3 Å². The molecule has 4 rings (SSSR count). The van der Waals surface area contributed by atoms with Crippen LogP contribution in [0.5, 0.6) is 0 Å². The molecule has 2 nitrogen and oxygen atoms in total. The van der Waals surface area contributed by atoms with E-state index in [4.69, 9.17) is 4.98 Å². The Morgan fingerprint density at radius 3 is 2.47 bits per heavy atom. The second-order valence-corrected chi connectivity index (χ2v) is 5.22. The maximum Gasteiger partial charge on any atom is 0.195 e. The summed E-state index contributed by atoms with van der Waals surface area (Å²) in [4.78, 5) is 5.75. The molecule has 4 aromatic rings. The predicted molar refractivity (Wildman–Crippen MR) is 86.3 cm³/mol. The molecule has 2 aromatic carbocycles. The smallest absolute Gasteiger partial charge is 0.195 e. The first-order valence-corrected chi connectivity index (χ1v) is 6.65. The Bertz CT molecular complexity index is 833. The van der Waals surface area contributed by atoms with Gasteiger partial charge in [0, 0.05) is 11.8 Å². The molecule has 0 bridgehead atoms. The summed E-state index contributed by atoms with van der Waals surface area (Å²) in [6, 6.07) is 18.7. The van der Waals surface area contributed by atoms with E-state index < -0.39 is 0 Å². The van der Waals surface area contributed by atoms with E-state index in [2.05, 4.69) is 47.0 Å². The number of halogens is 1. The summed E-state index contributed by atoms with van der Waals surface area (Å²) >= 11 is 1.73. The average molecular weight is 331 g/mol. The van der Waals surface area contributed by atoms with Crippen LogP contribution in [-0.4, -0.2) is 9.38 Å². The number of aromatic nitrogens is 2. The lowest BCUT2D eigenvalue weighted by molar-refractivity contribution is 1.30. The van der Waals surface area contributed by atoms with Crippen LogP contribution >= 0.6 is 28.3 Å². The third-order valence-electron chi connectivity index (χ3n) is 3.07. The van der Waals surface area contributed by atoms with E-state index in [9.17, 15) is 0 Å². The summed E-state index contributed by atoms with van der Waals surface area (Å²) in [5, 5.41) is 0. The van der Waals surface area contributed by atoms with Gasteiger partial charge in [-0.25, -0.2) is 4.98 Å². The van der Waals surface area contributed by atoms with Crippen LogP contribution < -0.4 is 0 Å². The molecule has 0 radical (unpaired) electrons. The first-order valence-electron chi connectivity index (χ1n) is 5.84. The summed E-state index contributed by atoms with van der Waals surface area (Å²) in [5.74, 6) is 0. The summed E-state index contributed by atoms with van der Waals surface area (Å²) < 4.78 is 3.45. The molecule has 0 saturated heterocycles. The fraction of sp³-hybridized carbons (Fsp3) is 0. The van der Waals surface area contributed by atoms with Crippen molar-refractivity contribution >= 4 is 43.5 Å². The van der Waals surface area contributed by atoms with Gasteiger partial charge in [0.2, 0.25) is 0 Å². The van der Waals surface area contributed by atoms with E-state index in [1.54, 1.807) is 11.3 Å². The van der Waals surface area contributed by atoms with Crippen LogP contribution in [0, 0.1) is 0 Å². The molecule has 0 spiro atoms. The lowest BCUT2D eigenvalue weighted by Crippen LogP contribution is -1.76. The maximum absolute atomic E-state index is 4.70. The monoisotopic (exact) mass is 330 g/mol. The Kier molecular flexibility index (Phi) is 3.12. The molecule has 0 fully saturated rings. The minimum atomic E-state index is 0.